The lowest BCUT2D eigenvalue weighted by Gasteiger charge is -2.32. The molecular weight excluding hydrogens is 444 g/mol. The van der Waals surface area contributed by atoms with Gasteiger partial charge < -0.3 is 10.2 Å². The Balaban J connectivity index is 1.94. The van der Waals surface area contributed by atoms with Crippen molar-refractivity contribution in [2.24, 2.45) is 0 Å². The molecule has 0 aliphatic rings. The van der Waals surface area contributed by atoms with Crippen molar-refractivity contribution in [2.75, 3.05) is 6.54 Å². The molecule has 3 rings (SSSR count). The molecule has 0 saturated heterocycles. The fraction of sp³-hybridized carbons (Fsp3) is 0.310. The number of hydrogen-bond donors (Lipinski definition) is 1. The predicted molar refractivity (Wildman–Crippen MR) is 139 cm³/mol. The van der Waals surface area contributed by atoms with Crippen LogP contribution in [0.25, 0.3) is 0 Å². The number of aryl methyl sites for hydroxylation is 1. The molecule has 0 aromatic heterocycles. The number of rotatable bonds is 11. The standard InChI is InChI=1S/C29H33ClN2O2/c1-3-4-16-31-29(34)27(19-23-11-6-5-7-12-23)32(21-25-14-9-15-26(30)18-25)28(33)20-24-13-8-10-22(2)17-24/h5-15,17-18,27H,3-4,16,19-21H2,1-2H3,(H,31,34)/t27-/m1/s1. The second-order valence-corrected chi connectivity index (χ2v) is 9.10. The van der Waals surface area contributed by atoms with Gasteiger partial charge >= 0.3 is 0 Å². The van der Waals surface area contributed by atoms with Crippen LogP contribution in [0, 0.1) is 6.92 Å². The molecule has 1 atom stereocenters. The van der Waals surface area contributed by atoms with Crippen LogP contribution in [0.5, 0.6) is 0 Å². The molecule has 0 aliphatic heterocycles. The van der Waals surface area contributed by atoms with Crippen LogP contribution in [0.2, 0.25) is 5.02 Å². The Labute approximate surface area is 207 Å². The highest BCUT2D eigenvalue weighted by molar-refractivity contribution is 6.30. The fourth-order valence-corrected chi connectivity index (χ4v) is 4.20. The zero-order chi connectivity index (χ0) is 24.3. The average Bonchev–Trinajstić information content (AvgIpc) is 2.82. The van der Waals surface area contributed by atoms with Gasteiger partial charge in [0.1, 0.15) is 6.04 Å². The molecule has 0 heterocycles. The summed E-state index contributed by atoms with van der Waals surface area (Å²) in [6.45, 7) is 5.00. The number of carbonyl (C=O) groups is 2. The summed E-state index contributed by atoms with van der Waals surface area (Å²) < 4.78 is 0. The van der Waals surface area contributed by atoms with Crippen LogP contribution in [0.3, 0.4) is 0 Å². The number of carbonyl (C=O) groups excluding carboxylic acids is 2. The Morgan fingerprint density at radius 3 is 2.32 bits per heavy atom. The van der Waals surface area contributed by atoms with Crippen molar-refractivity contribution < 1.29 is 9.59 Å². The summed E-state index contributed by atoms with van der Waals surface area (Å²) in [7, 11) is 0. The van der Waals surface area contributed by atoms with Crippen LogP contribution in [-0.4, -0.2) is 29.3 Å². The van der Waals surface area contributed by atoms with Gasteiger partial charge in [-0.15, -0.1) is 0 Å². The number of halogens is 1. The molecule has 5 heteroatoms. The van der Waals surface area contributed by atoms with Gasteiger partial charge in [0.05, 0.1) is 6.42 Å². The minimum atomic E-state index is -0.629. The lowest BCUT2D eigenvalue weighted by Crippen LogP contribution is -2.51. The minimum Gasteiger partial charge on any atom is -0.354 e. The maximum absolute atomic E-state index is 13.7. The molecule has 0 fully saturated rings. The largest absolute Gasteiger partial charge is 0.354 e. The van der Waals surface area contributed by atoms with Gasteiger partial charge in [-0.05, 0) is 42.2 Å². The lowest BCUT2D eigenvalue weighted by atomic mass is 10.0. The third-order valence-electron chi connectivity index (χ3n) is 5.78. The third kappa shape index (κ3) is 7.74. The van der Waals surface area contributed by atoms with E-state index in [1.807, 2.05) is 85.8 Å². The van der Waals surface area contributed by atoms with Gasteiger partial charge in [0.25, 0.3) is 0 Å². The van der Waals surface area contributed by atoms with E-state index in [0.717, 1.165) is 35.1 Å². The van der Waals surface area contributed by atoms with E-state index in [0.29, 0.717) is 24.5 Å². The van der Waals surface area contributed by atoms with Crippen molar-refractivity contribution in [3.8, 4) is 0 Å². The molecule has 0 saturated carbocycles. The van der Waals surface area contributed by atoms with E-state index in [1.165, 1.54) is 0 Å². The number of unbranched alkanes of at least 4 members (excludes halogenated alkanes) is 1. The highest BCUT2D eigenvalue weighted by Crippen LogP contribution is 2.19. The number of amides is 2. The van der Waals surface area contributed by atoms with Gasteiger partial charge in [-0.3, -0.25) is 9.59 Å². The molecule has 4 nitrogen and oxygen atoms in total. The van der Waals surface area contributed by atoms with Gasteiger partial charge in [-0.25, -0.2) is 0 Å². The summed E-state index contributed by atoms with van der Waals surface area (Å²) in [6.07, 6.45) is 2.56. The first-order valence-corrected chi connectivity index (χ1v) is 12.2. The Kier molecular flexibility index (Phi) is 9.72. The van der Waals surface area contributed by atoms with Crippen LogP contribution in [-0.2, 0) is 29.0 Å². The van der Waals surface area contributed by atoms with E-state index in [9.17, 15) is 9.59 Å². The predicted octanol–water partition coefficient (Wildman–Crippen LogP) is 5.75. The van der Waals surface area contributed by atoms with Crippen LogP contribution < -0.4 is 5.32 Å². The molecule has 1 N–H and O–H groups in total. The summed E-state index contributed by atoms with van der Waals surface area (Å²) in [5.41, 5.74) is 3.94. The summed E-state index contributed by atoms with van der Waals surface area (Å²) in [4.78, 5) is 28.8. The van der Waals surface area contributed by atoms with Crippen molar-refractivity contribution >= 4 is 23.4 Å². The SMILES string of the molecule is CCCCNC(=O)[C@@H](Cc1ccccc1)N(Cc1cccc(Cl)c1)C(=O)Cc1cccc(C)c1. The number of nitrogens with zero attached hydrogens (tertiary/aromatic N) is 1. The van der Waals surface area contributed by atoms with Crippen LogP contribution in [0.15, 0.2) is 78.9 Å². The number of benzene rings is 3. The van der Waals surface area contributed by atoms with E-state index in [1.54, 1.807) is 4.90 Å². The topological polar surface area (TPSA) is 49.4 Å². The Bertz CT molecular complexity index is 1080. The summed E-state index contributed by atoms with van der Waals surface area (Å²) >= 11 is 6.23. The first kappa shape index (κ1) is 25.5. The van der Waals surface area contributed by atoms with Crippen molar-refractivity contribution in [1.29, 1.82) is 0 Å². The molecule has 0 bridgehead atoms. The molecule has 0 spiro atoms. The first-order chi connectivity index (χ1) is 16.5. The second kappa shape index (κ2) is 13.0. The Morgan fingerprint density at radius 2 is 1.62 bits per heavy atom. The quantitative estimate of drug-likeness (QED) is 0.358. The van der Waals surface area contributed by atoms with Crippen molar-refractivity contribution in [2.45, 2.75) is 52.1 Å². The summed E-state index contributed by atoms with van der Waals surface area (Å²) in [6, 6.07) is 24.6. The van der Waals surface area contributed by atoms with Crippen molar-refractivity contribution in [1.82, 2.24) is 10.2 Å². The van der Waals surface area contributed by atoms with E-state index in [2.05, 4.69) is 12.2 Å². The molecule has 34 heavy (non-hydrogen) atoms. The highest BCUT2D eigenvalue weighted by Gasteiger charge is 2.30. The maximum Gasteiger partial charge on any atom is 0.243 e. The summed E-state index contributed by atoms with van der Waals surface area (Å²) in [5, 5.41) is 3.66. The van der Waals surface area contributed by atoms with Gasteiger partial charge in [0.2, 0.25) is 11.8 Å². The minimum absolute atomic E-state index is 0.0860. The molecule has 3 aromatic carbocycles. The average molecular weight is 477 g/mol. The Hall–Kier alpha value is -3.11. The molecule has 3 aromatic rings. The van der Waals surface area contributed by atoms with Crippen LogP contribution >= 0.6 is 11.6 Å². The van der Waals surface area contributed by atoms with Gasteiger partial charge in [-0.2, -0.15) is 0 Å². The maximum atomic E-state index is 13.7. The van der Waals surface area contributed by atoms with Gasteiger partial charge in [0.15, 0.2) is 0 Å². The van der Waals surface area contributed by atoms with E-state index in [-0.39, 0.29) is 18.2 Å². The normalized spacial score (nSPS) is 11.6. The number of nitrogens with one attached hydrogen (secondary N) is 1. The van der Waals surface area contributed by atoms with E-state index >= 15 is 0 Å². The molecular formula is C29H33ClN2O2. The second-order valence-electron chi connectivity index (χ2n) is 8.67. The zero-order valence-electron chi connectivity index (χ0n) is 20.0. The molecule has 0 unspecified atom stereocenters. The highest BCUT2D eigenvalue weighted by atomic mass is 35.5. The fourth-order valence-electron chi connectivity index (χ4n) is 3.99. The molecule has 0 radical (unpaired) electrons. The monoisotopic (exact) mass is 476 g/mol. The smallest absolute Gasteiger partial charge is 0.243 e. The third-order valence-corrected chi connectivity index (χ3v) is 6.02. The first-order valence-electron chi connectivity index (χ1n) is 11.9. The number of hydrogen-bond acceptors (Lipinski definition) is 2. The zero-order valence-corrected chi connectivity index (χ0v) is 20.7. The van der Waals surface area contributed by atoms with Gasteiger partial charge in [-0.1, -0.05) is 97.2 Å². The Morgan fingerprint density at radius 1 is 0.912 bits per heavy atom. The summed E-state index contributed by atoms with van der Waals surface area (Å²) in [5.74, 6) is -0.214. The van der Waals surface area contributed by atoms with Gasteiger partial charge in [0, 0.05) is 24.5 Å². The van der Waals surface area contributed by atoms with Crippen LogP contribution in [0.1, 0.15) is 42.0 Å². The van der Waals surface area contributed by atoms with E-state index in [4.69, 9.17) is 11.6 Å². The van der Waals surface area contributed by atoms with Crippen LogP contribution in [0.4, 0.5) is 0 Å². The molecule has 2 amide bonds. The van der Waals surface area contributed by atoms with Crippen molar-refractivity contribution in [3.05, 3.63) is 106 Å². The molecule has 178 valence electrons. The molecule has 0 aliphatic carbocycles. The van der Waals surface area contributed by atoms with Crippen molar-refractivity contribution in [3.63, 3.8) is 0 Å². The van der Waals surface area contributed by atoms with E-state index < -0.39 is 6.04 Å². The lowest BCUT2D eigenvalue weighted by molar-refractivity contribution is -0.140.